The first-order chi connectivity index (χ1) is 16.6. The Morgan fingerprint density at radius 3 is 2.56 bits per heavy atom. The lowest BCUT2D eigenvalue weighted by Gasteiger charge is -2.13. The molecule has 34 heavy (non-hydrogen) atoms. The number of nitrogen functional groups attached to an aromatic ring is 1. The second-order valence-corrected chi connectivity index (χ2v) is 8.75. The zero-order valence-corrected chi connectivity index (χ0v) is 19.1. The van der Waals surface area contributed by atoms with Crippen molar-refractivity contribution in [2.45, 2.75) is 45.1 Å². The van der Waals surface area contributed by atoms with Crippen LogP contribution >= 0.6 is 0 Å². The van der Waals surface area contributed by atoms with Gasteiger partial charge in [-0.2, -0.15) is 0 Å². The lowest BCUT2D eigenvalue weighted by Crippen LogP contribution is -2.26. The van der Waals surface area contributed by atoms with Crippen molar-refractivity contribution in [2.24, 2.45) is 0 Å². The average Bonchev–Trinajstić information content (AvgIpc) is 3.12. The number of fused-ring (bicyclic) bond motifs is 2. The van der Waals surface area contributed by atoms with E-state index in [1.54, 1.807) is 16.7 Å². The number of benzene rings is 2. The molecule has 6 nitrogen and oxygen atoms in total. The zero-order chi connectivity index (χ0) is 23.5. The molecule has 2 aromatic carbocycles. The van der Waals surface area contributed by atoms with Gasteiger partial charge < -0.3 is 15.6 Å². The number of hydrogen-bond acceptors (Lipinski definition) is 4. The van der Waals surface area contributed by atoms with Crippen molar-refractivity contribution < 1.29 is 9.18 Å². The average molecular weight is 458 g/mol. The Bertz CT molecular complexity index is 1390. The Hall–Kier alpha value is -3.74. The molecular weight excluding hydrogens is 429 g/mol. The van der Waals surface area contributed by atoms with Crippen LogP contribution in [0.3, 0.4) is 0 Å². The number of halogens is 1. The molecule has 2 aromatic heterocycles. The van der Waals surface area contributed by atoms with Crippen LogP contribution in [0.2, 0.25) is 0 Å². The summed E-state index contributed by atoms with van der Waals surface area (Å²) in [6.45, 7) is 0.934. The van der Waals surface area contributed by atoms with Gasteiger partial charge in [0, 0.05) is 13.1 Å². The standard InChI is InChI=1S/C27H28FN5O/c28-20-11-5-4-10-19(20)15-17-33-25(29)23(27(34)30-16-14-18-8-2-1-3-9-18)24-26(33)32-22-13-7-6-12-21(22)31-24/h4-8,10-13H,1-3,9,14-17,29H2,(H,30,34). The number of aryl methyl sites for hydroxylation is 2. The Morgan fingerprint density at radius 2 is 1.79 bits per heavy atom. The van der Waals surface area contributed by atoms with E-state index >= 15 is 0 Å². The molecule has 0 fully saturated rings. The summed E-state index contributed by atoms with van der Waals surface area (Å²) < 4.78 is 16.0. The number of nitrogens with two attached hydrogens (primary N) is 1. The molecule has 0 aliphatic heterocycles. The Balaban J connectivity index is 1.47. The molecule has 4 aromatic rings. The number of amides is 1. The van der Waals surface area contributed by atoms with Gasteiger partial charge in [0.1, 0.15) is 22.7 Å². The highest BCUT2D eigenvalue weighted by atomic mass is 19.1. The summed E-state index contributed by atoms with van der Waals surface area (Å²) in [5, 5.41) is 3.02. The van der Waals surface area contributed by atoms with Crippen LogP contribution in [0.25, 0.3) is 22.2 Å². The molecule has 0 radical (unpaired) electrons. The van der Waals surface area contributed by atoms with E-state index in [2.05, 4.69) is 11.4 Å². The molecule has 1 aliphatic carbocycles. The molecule has 2 heterocycles. The maximum atomic E-state index is 14.2. The minimum Gasteiger partial charge on any atom is -0.384 e. The van der Waals surface area contributed by atoms with Gasteiger partial charge in [0.2, 0.25) is 0 Å². The minimum atomic E-state index is -0.260. The molecule has 174 valence electrons. The van der Waals surface area contributed by atoms with Crippen LogP contribution in [-0.2, 0) is 13.0 Å². The third kappa shape index (κ3) is 4.38. The van der Waals surface area contributed by atoms with E-state index in [-0.39, 0.29) is 11.7 Å². The van der Waals surface area contributed by atoms with Crippen molar-refractivity contribution in [3.05, 3.63) is 77.1 Å². The largest absolute Gasteiger partial charge is 0.384 e. The Morgan fingerprint density at radius 1 is 1.03 bits per heavy atom. The van der Waals surface area contributed by atoms with Crippen molar-refractivity contribution in [2.75, 3.05) is 12.3 Å². The molecule has 0 spiro atoms. The van der Waals surface area contributed by atoms with Crippen LogP contribution in [0.4, 0.5) is 10.2 Å². The summed E-state index contributed by atoms with van der Waals surface area (Å²) in [5.41, 5.74) is 11.3. The predicted octanol–water partition coefficient (Wildman–Crippen LogP) is 5.17. The van der Waals surface area contributed by atoms with Crippen molar-refractivity contribution in [3.63, 3.8) is 0 Å². The molecule has 0 atom stereocenters. The molecule has 7 heteroatoms. The highest BCUT2D eigenvalue weighted by molar-refractivity contribution is 6.10. The first kappa shape index (κ1) is 22.1. The second kappa shape index (κ2) is 9.63. The van der Waals surface area contributed by atoms with Crippen LogP contribution in [-0.4, -0.2) is 27.0 Å². The normalized spacial score (nSPS) is 13.9. The summed E-state index contributed by atoms with van der Waals surface area (Å²) in [6, 6.07) is 14.2. The summed E-state index contributed by atoms with van der Waals surface area (Å²) in [6.07, 6.45) is 8.22. The number of nitrogens with zero attached hydrogens (tertiary/aromatic N) is 3. The lowest BCUT2D eigenvalue weighted by atomic mass is 9.97. The first-order valence-electron chi connectivity index (χ1n) is 11.9. The third-order valence-electron chi connectivity index (χ3n) is 6.50. The van der Waals surface area contributed by atoms with Gasteiger partial charge in [-0.05, 0) is 62.3 Å². The van der Waals surface area contributed by atoms with Crippen molar-refractivity contribution in [1.29, 1.82) is 0 Å². The summed E-state index contributed by atoms with van der Waals surface area (Å²) in [5.74, 6) is -0.215. The first-order valence-corrected chi connectivity index (χ1v) is 11.9. The third-order valence-corrected chi connectivity index (χ3v) is 6.50. The van der Waals surface area contributed by atoms with Crippen LogP contribution in [0.1, 0.15) is 48.0 Å². The molecule has 0 bridgehead atoms. The fourth-order valence-electron chi connectivity index (χ4n) is 4.66. The van der Waals surface area contributed by atoms with Gasteiger partial charge >= 0.3 is 0 Å². The van der Waals surface area contributed by atoms with Gasteiger partial charge in [0.15, 0.2) is 5.65 Å². The highest BCUT2D eigenvalue weighted by Crippen LogP contribution is 2.28. The van der Waals surface area contributed by atoms with E-state index in [9.17, 15) is 9.18 Å². The fourth-order valence-corrected chi connectivity index (χ4v) is 4.66. The SMILES string of the molecule is Nc1c(C(=O)NCCC2=CCCCC2)c2nc3ccccc3nc2n1CCc1ccccc1F. The van der Waals surface area contributed by atoms with Gasteiger partial charge in [-0.25, -0.2) is 14.4 Å². The van der Waals surface area contributed by atoms with E-state index in [0.29, 0.717) is 53.1 Å². The topological polar surface area (TPSA) is 85.8 Å². The number of hydrogen-bond donors (Lipinski definition) is 2. The molecule has 0 unspecified atom stereocenters. The maximum Gasteiger partial charge on any atom is 0.257 e. The van der Waals surface area contributed by atoms with Gasteiger partial charge in [-0.3, -0.25) is 4.79 Å². The molecular formula is C27H28FN5O. The predicted molar refractivity (Wildman–Crippen MR) is 133 cm³/mol. The van der Waals surface area contributed by atoms with Crippen molar-refractivity contribution >= 4 is 33.9 Å². The minimum absolute atomic E-state index is 0.256. The van der Waals surface area contributed by atoms with Crippen molar-refractivity contribution in [1.82, 2.24) is 19.9 Å². The molecule has 3 N–H and O–H groups in total. The van der Waals surface area contributed by atoms with Gasteiger partial charge in [-0.15, -0.1) is 0 Å². The fraction of sp³-hybridized carbons (Fsp3) is 0.296. The highest BCUT2D eigenvalue weighted by Gasteiger charge is 2.24. The van der Waals surface area contributed by atoms with E-state index in [4.69, 9.17) is 15.7 Å². The van der Waals surface area contributed by atoms with E-state index < -0.39 is 0 Å². The lowest BCUT2D eigenvalue weighted by molar-refractivity contribution is 0.0956. The van der Waals surface area contributed by atoms with Crippen LogP contribution in [0.5, 0.6) is 0 Å². The number of para-hydroxylation sites is 2. The Kier molecular flexibility index (Phi) is 6.25. The van der Waals surface area contributed by atoms with Crippen LogP contribution in [0.15, 0.2) is 60.2 Å². The van der Waals surface area contributed by atoms with Crippen molar-refractivity contribution in [3.8, 4) is 0 Å². The monoisotopic (exact) mass is 457 g/mol. The number of anilines is 1. The molecule has 5 rings (SSSR count). The summed E-state index contributed by atoms with van der Waals surface area (Å²) >= 11 is 0. The number of nitrogens with one attached hydrogen (secondary N) is 1. The molecule has 0 saturated heterocycles. The second-order valence-electron chi connectivity index (χ2n) is 8.75. The molecule has 1 amide bonds. The maximum absolute atomic E-state index is 14.2. The van der Waals surface area contributed by atoms with Crippen LogP contribution < -0.4 is 11.1 Å². The summed E-state index contributed by atoms with van der Waals surface area (Å²) in [4.78, 5) is 22.8. The van der Waals surface area contributed by atoms with E-state index in [1.165, 1.54) is 24.5 Å². The Labute approximate surface area is 197 Å². The number of rotatable bonds is 7. The number of carbonyl (C=O) groups is 1. The van der Waals surface area contributed by atoms with E-state index in [0.717, 1.165) is 24.8 Å². The number of allylic oxidation sites excluding steroid dienone is 1. The quantitative estimate of drug-likeness (QED) is 0.375. The number of aromatic nitrogens is 3. The molecule has 0 saturated carbocycles. The summed E-state index contributed by atoms with van der Waals surface area (Å²) in [7, 11) is 0. The zero-order valence-electron chi connectivity index (χ0n) is 19.1. The van der Waals surface area contributed by atoms with Gasteiger partial charge in [-0.1, -0.05) is 42.0 Å². The molecule has 1 aliphatic rings. The van der Waals surface area contributed by atoms with Gasteiger partial charge in [0.25, 0.3) is 5.91 Å². The van der Waals surface area contributed by atoms with Crippen LogP contribution in [0, 0.1) is 5.82 Å². The number of carbonyl (C=O) groups excluding carboxylic acids is 1. The smallest absolute Gasteiger partial charge is 0.257 e. The van der Waals surface area contributed by atoms with Gasteiger partial charge in [0.05, 0.1) is 11.0 Å². The van der Waals surface area contributed by atoms with E-state index in [1.807, 2.05) is 30.3 Å².